The number of amides is 1. The Balaban J connectivity index is 2.06. The van der Waals surface area contributed by atoms with Crippen molar-refractivity contribution in [1.82, 2.24) is 10.6 Å². The van der Waals surface area contributed by atoms with E-state index in [0.717, 1.165) is 0 Å². The lowest BCUT2D eigenvalue weighted by Gasteiger charge is -2.16. The van der Waals surface area contributed by atoms with Crippen LogP contribution in [0.3, 0.4) is 0 Å². The smallest absolute Gasteiger partial charge is 0.326 e. The third-order valence-corrected chi connectivity index (χ3v) is 5.62. The first-order chi connectivity index (χ1) is 14.6. The second-order valence-electron chi connectivity index (χ2n) is 6.74. The molecule has 0 aromatic heterocycles. The van der Waals surface area contributed by atoms with Gasteiger partial charge in [-0.3, -0.25) is 14.8 Å². The molecule has 1 amide bonds. The minimum atomic E-state index is -3.89. The average Bonchev–Trinajstić information content (AvgIpc) is 2.70. The van der Waals surface area contributed by atoms with Crippen LogP contribution in [0.15, 0.2) is 53.4 Å². The predicted octanol–water partition coefficient (Wildman–Crippen LogP) is -0.177. The van der Waals surface area contributed by atoms with Gasteiger partial charge in [-0.15, -0.1) is 0 Å². The topological polar surface area (TPSA) is 203 Å². The number of sulfonamides is 1. The summed E-state index contributed by atoms with van der Waals surface area (Å²) in [6.07, 6.45) is -0.133. The minimum absolute atomic E-state index is 0.00769. The summed E-state index contributed by atoms with van der Waals surface area (Å²) in [4.78, 5) is 24.0. The number of benzene rings is 2. The normalized spacial score (nSPS) is 12.4. The number of aliphatic carboxylic acids is 1. The monoisotopic (exact) mass is 450 g/mol. The van der Waals surface area contributed by atoms with Crippen LogP contribution in [0.25, 0.3) is 0 Å². The standard InChI is InChI=1S/C19H26N6O5S/c20-13-6-8-15(9-7-13)31(29,30)25-14-4-1-3-12(11-14)17(26)24-16(18(27)28)5-2-10-23-19(21)22/h1,3-4,6-9,11,16,19,23,25H,2,5,10,20-22H2,(H,24,26)(H,27,28)/t16-/m0/s1. The molecule has 0 aliphatic carbocycles. The highest BCUT2D eigenvalue weighted by molar-refractivity contribution is 7.92. The van der Waals surface area contributed by atoms with Crippen LogP contribution < -0.4 is 32.6 Å². The number of hydrogen-bond acceptors (Lipinski definition) is 8. The summed E-state index contributed by atoms with van der Waals surface area (Å²) in [6.45, 7) is 0.389. The number of carbonyl (C=O) groups excluding carboxylic acids is 1. The van der Waals surface area contributed by atoms with Gasteiger partial charge in [-0.05, 0) is 61.9 Å². The van der Waals surface area contributed by atoms with Crippen LogP contribution in [0, 0.1) is 0 Å². The number of rotatable bonds is 11. The van der Waals surface area contributed by atoms with Gasteiger partial charge >= 0.3 is 5.97 Å². The van der Waals surface area contributed by atoms with E-state index in [2.05, 4.69) is 15.4 Å². The number of carboxylic acids is 1. The van der Waals surface area contributed by atoms with E-state index < -0.39 is 34.2 Å². The molecule has 2 aromatic rings. The quantitative estimate of drug-likeness (QED) is 0.138. The predicted molar refractivity (Wildman–Crippen MR) is 116 cm³/mol. The lowest BCUT2D eigenvalue weighted by atomic mass is 10.1. The largest absolute Gasteiger partial charge is 0.480 e. The van der Waals surface area contributed by atoms with Crippen LogP contribution in [0.4, 0.5) is 11.4 Å². The zero-order chi connectivity index (χ0) is 23.0. The summed E-state index contributed by atoms with van der Waals surface area (Å²) < 4.78 is 27.4. The van der Waals surface area contributed by atoms with Gasteiger partial charge in [0.2, 0.25) is 0 Å². The van der Waals surface area contributed by atoms with Gasteiger partial charge in [0.25, 0.3) is 15.9 Å². The lowest BCUT2D eigenvalue weighted by molar-refractivity contribution is -0.139. The lowest BCUT2D eigenvalue weighted by Crippen LogP contribution is -2.46. The molecule has 0 radical (unpaired) electrons. The van der Waals surface area contributed by atoms with Gasteiger partial charge in [-0.2, -0.15) is 0 Å². The molecule has 168 valence electrons. The van der Waals surface area contributed by atoms with E-state index in [1.54, 1.807) is 0 Å². The van der Waals surface area contributed by atoms with Crippen LogP contribution in [0.2, 0.25) is 0 Å². The zero-order valence-electron chi connectivity index (χ0n) is 16.6. The van der Waals surface area contributed by atoms with E-state index in [1.807, 2.05) is 0 Å². The van der Waals surface area contributed by atoms with Crippen molar-refractivity contribution < 1.29 is 23.1 Å². The fraction of sp³-hybridized carbons (Fsp3) is 0.263. The summed E-state index contributed by atoms with van der Waals surface area (Å²) in [7, 11) is -3.89. The van der Waals surface area contributed by atoms with E-state index in [0.29, 0.717) is 18.7 Å². The summed E-state index contributed by atoms with van der Waals surface area (Å²) in [5, 5.41) is 14.5. The zero-order valence-corrected chi connectivity index (χ0v) is 17.4. The molecule has 2 aromatic carbocycles. The molecule has 0 heterocycles. The van der Waals surface area contributed by atoms with Gasteiger partial charge in [0, 0.05) is 16.9 Å². The van der Waals surface area contributed by atoms with Crippen LogP contribution in [-0.2, 0) is 14.8 Å². The van der Waals surface area contributed by atoms with Crippen molar-refractivity contribution in [3.05, 3.63) is 54.1 Å². The molecular formula is C19H26N6O5S. The number of nitrogens with one attached hydrogen (secondary N) is 3. The maximum absolute atomic E-state index is 12.5. The Morgan fingerprint density at radius 1 is 1.06 bits per heavy atom. The molecule has 0 unspecified atom stereocenters. The maximum atomic E-state index is 12.5. The first-order valence-corrected chi connectivity index (χ1v) is 10.8. The molecule has 0 spiro atoms. The highest BCUT2D eigenvalue weighted by Gasteiger charge is 2.21. The van der Waals surface area contributed by atoms with Crippen LogP contribution in [-0.4, -0.2) is 44.3 Å². The van der Waals surface area contributed by atoms with Crippen molar-refractivity contribution >= 4 is 33.3 Å². The van der Waals surface area contributed by atoms with Gasteiger partial charge in [0.15, 0.2) is 0 Å². The maximum Gasteiger partial charge on any atom is 0.326 e. The number of hydrogen-bond donors (Lipinski definition) is 7. The summed E-state index contributed by atoms with van der Waals surface area (Å²) in [6, 6.07) is 10.2. The van der Waals surface area contributed by atoms with E-state index in [-0.39, 0.29) is 22.6 Å². The van der Waals surface area contributed by atoms with Crippen molar-refractivity contribution in [1.29, 1.82) is 0 Å². The van der Waals surface area contributed by atoms with E-state index in [4.69, 9.17) is 17.2 Å². The van der Waals surface area contributed by atoms with Gasteiger partial charge in [0.1, 0.15) is 12.3 Å². The number of carboxylic acid groups (broad SMARTS) is 1. The number of anilines is 2. The van der Waals surface area contributed by atoms with E-state index >= 15 is 0 Å². The van der Waals surface area contributed by atoms with Gasteiger partial charge < -0.3 is 27.6 Å². The third-order valence-electron chi connectivity index (χ3n) is 4.22. The second kappa shape index (κ2) is 10.7. The van der Waals surface area contributed by atoms with Gasteiger partial charge in [0.05, 0.1) is 4.90 Å². The Morgan fingerprint density at radius 3 is 2.35 bits per heavy atom. The molecule has 1 atom stereocenters. The van der Waals surface area contributed by atoms with Gasteiger partial charge in [-0.25, -0.2) is 13.2 Å². The summed E-state index contributed by atoms with van der Waals surface area (Å²) >= 11 is 0. The average molecular weight is 451 g/mol. The molecule has 0 saturated heterocycles. The minimum Gasteiger partial charge on any atom is -0.480 e. The van der Waals surface area contributed by atoms with Crippen LogP contribution in [0.1, 0.15) is 23.2 Å². The van der Waals surface area contributed by atoms with Gasteiger partial charge in [-0.1, -0.05) is 6.07 Å². The molecule has 2 rings (SSSR count). The third kappa shape index (κ3) is 7.53. The Kier molecular flexibility index (Phi) is 8.33. The Labute approximate surface area is 180 Å². The molecule has 0 aliphatic heterocycles. The van der Waals surface area contributed by atoms with Crippen molar-refractivity contribution in [2.45, 2.75) is 30.1 Å². The molecule has 0 aliphatic rings. The number of carbonyl (C=O) groups is 2. The van der Waals surface area contributed by atoms with Crippen molar-refractivity contribution in [2.24, 2.45) is 11.5 Å². The molecule has 12 heteroatoms. The second-order valence-corrected chi connectivity index (χ2v) is 8.42. The molecule has 0 saturated carbocycles. The number of nitrogens with two attached hydrogens (primary N) is 3. The Bertz CT molecular complexity index is 1010. The number of nitrogen functional groups attached to an aromatic ring is 1. The summed E-state index contributed by atoms with van der Waals surface area (Å²) in [5.41, 5.74) is 17.0. The summed E-state index contributed by atoms with van der Waals surface area (Å²) in [5.74, 6) is -1.84. The molecule has 0 bridgehead atoms. The fourth-order valence-corrected chi connectivity index (χ4v) is 3.71. The highest BCUT2D eigenvalue weighted by atomic mass is 32.2. The molecule has 10 N–H and O–H groups in total. The van der Waals surface area contributed by atoms with Crippen molar-refractivity contribution in [3.63, 3.8) is 0 Å². The Morgan fingerprint density at radius 2 is 1.74 bits per heavy atom. The van der Waals surface area contributed by atoms with Crippen LogP contribution >= 0.6 is 0 Å². The highest BCUT2D eigenvalue weighted by Crippen LogP contribution is 2.18. The SMILES string of the molecule is Nc1ccc(S(=O)(=O)Nc2cccc(C(=O)N[C@@H](CCCNC(N)N)C(=O)O)c2)cc1. The van der Waals surface area contributed by atoms with Crippen LogP contribution in [0.5, 0.6) is 0 Å². The van der Waals surface area contributed by atoms with E-state index in [1.165, 1.54) is 48.5 Å². The molecule has 11 nitrogen and oxygen atoms in total. The molecule has 31 heavy (non-hydrogen) atoms. The van der Waals surface area contributed by atoms with E-state index in [9.17, 15) is 23.1 Å². The molecule has 0 fully saturated rings. The van der Waals surface area contributed by atoms with Crippen molar-refractivity contribution in [3.8, 4) is 0 Å². The fourth-order valence-electron chi connectivity index (χ4n) is 2.66. The first kappa shape index (κ1) is 24.1. The first-order valence-electron chi connectivity index (χ1n) is 9.35. The molecular weight excluding hydrogens is 424 g/mol. The van der Waals surface area contributed by atoms with Crippen molar-refractivity contribution in [2.75, 3.05) is 17.0 Å². The Hall–Kier alpha value is -3.19.